The number of hydrogen-bond acceptors (Lipinski definition) is 3. The second-order valence-electron chi connectivity index (χ2n) is 12.3. The lowest BCUT2D eigenvalue weighted by atomic mass is 9.90. The molecule has 0 aliphatic heterocycles. The average Bonchev–Trinajstić information content (AvgIpc) is 3.19. The van der Waals surface area contributed by atoms with E-state index in [0.717, 1.165) is 73.0 Å². The Hall–Kier alpha value is -6.66. The molecular weight excluding hydrogens is 640 g/mol. The minimum Gasteiger partial charge on any atom is -0.247 e. The van der Waals surface area contributed by atoms with Crippen molar-refractivity contribution in [2.45, 2.75) is 0 Å². The summed E-state index contributed by atoms with van der Waals surface area (Å²) in [6, 6.07) is 49.4. The van der Waals surface area contributed by atoms with Crippen LogP contribution in [0.1, 0.15) is 0 Å². The van der Waals surface area contributed by atoms with Crippen LogP contribution in [0, 0.1) is 17.5 Å². The van der Waals surface area contributed by atoms with Gasteiger partial charge in [0.2, 0.25) is 0 Å². The van der Waals surface area contributed by atoms with Gasteiger partial charge in [-0.05, 0) is 41.0 Å². The summed E-state index contributed by atoms with van der Waals surface area (Å²) in [6.07, 6.45) is 0. The van der Waals surface area contributed by atoms with Crippen LogP contribution in [0.5, 0.6) is 0 Å². The van der Waals surface area contributed by atoms with Gasteiger partial charge in [-0.1, -0.05) is 133 Å². The van der Waals surface area contributed by atoms with Crippen molar-refractivity contribution in [1.29, 1.82) is 0 Å². The highest BCUT2D eigenvalue weighted by atomic mass is 19.2. The number of pyridine rings is 1. The quantitative estimate of drug-likeness (QED) is 0.136. The van der Waals surface area contributed by atoms with Crippen LogP contribution in [0.3, 0.4) is 0 Å². The third kappa shape index (κ3) is 5.20. The average molecular weight is 666 g/mol. The van der Waals surface area contributed by atoms with Gasteiger partial charge in [-0.3, -0.25) is 0 Å². The monoisotopic (exact) mass is 665 g/mol. The number of fused-ring (bicyclic) bond motifs is 5. The van der Waals surface area contributed by atoms with E-state index in [4.69, 9.17) is 15.0 Å². The first-order chi connectivity index (χ1) is 25.0. The Labute approximate surface area is 291 Å². The molecule has 0 amide bonds. The number of para-hydroxylation sites is 1. The second kappa shape index (κ2) is 12.3. The van der Waals surface area contributed by atoms with Gasteiger partial charge >= 0.3 is 0 Å². The van der Waals surface area contributed by atoms with Gasteiger partial charge in [0.25, 0.3) is 0 Å². The van der Waals surface area contributed by atoms with Crippen molar-refractivity contribution < 1.29 is 13.2 Å². The summed E-state index contributed by atoms with van der Waals surface area (Å²) >= 11 is 0. The minimum absolute atomic E-state index is 0.202. The molecule has 0 spiro atoms. The zero-order valence-corrected chi connectivity index (χ0v) is 27.0. The predicted octanol–water partition coefficient (Wildman–Crippen LogP) is 12.1. The van der Waals surface area contributed by atoms with Crippen LogP contribution in [0.15, 0.2) is 158 Å². The molecule has 2 aromatic heterocycles. The summed E-state index contributed by atoms with van der Waals surface area (Å²) in [5.74, 6) is -4.02. The Balaban J connectivity index is 1.47. The molecule has 0 N–H and O–H groups in total. The van der Waals surface area contributed by atoms with Crippen molar-refractivity contribution in [2.75, 3.05) is 0 Å². The highest BCUT2D eigenvalue weighted by Gasteiger charge is 2.23. The van der Waals surface area contributed by atoms with Crippen molar-refractivity contribution in [2.24, 2.45) is 0 Å². The van der Waals surface area contributed by atoms with E-state index in [2.05, 4.69) is 6.07 Å². The topological polar surface area (TPSA) is 38.7 Å². The van der Waals surface area contributed by atoms with Gasteiger partial charge in [-0.2, -0.15) is 0 Å². The van der Waals surface area contributed by atoms with Gasteiger partial charge in [0.05, 0.1) is 33.6 Å². The molecule has 0 aliphatic carbocycles. The largest absolute Gasteiger partial charge is 0.247 e. The van der Waals surface area contributed by atoms with E-state index >= 15 is 0 Å². The number of aromatic nitrogens is 3. The van der Waals surface area contributed by atoms with Gasteiger partial charge in [0, 0.05) is 38.4 Å². The zero-order chi connectivity index (χ0) is 34.5. The molecule has 9 rings (SSSR count). The summed E-state index contributed by atoms with van der Waals surface area (Å²) in [4.78, 5) is 16.2. The first kappa shape index (κ1) is 30.4. The lowest BCUT2D eigenvalue weighted by Gasteiger charge is -2.19. The van der Waals surface area contributed by atoms with Crippen LogP contribution in [0.2, 0.25) is 0 Å². The number of nitrogens with zero attached hydrogens (tertiary/aromatic N) is 3. The van der Waals surface area contributed by atoms with Crippen LogP contribution in [-0.2, 0) is 0 Å². The van der Waals surface area contributed by atoms with Crippen LogP contribution in [0.25, 0.3) is 88.7 Å². The summed E-state index contributed by atoms with van der Waals surface area (Å²) < 4.78 is 43.4. The zero-order valence-electron chi connectivity index (χ0n) is 27.0. The Morgan fingerprint density at radius 1 is 0.353 bits per heavy atom. The molecule has 0 fully saturated rings. The van der Waals surface area contributed by atoms with E-state index < -0.39 is 17.5 Å². The Morgan fingerprint density at radius 2 is 0.863 bits per heavy atom. The van der Waals surface area contributed by atoms with E-state index in [1.54, 1.807) is 12.1 Å². The van der Waals surface area contributed by atoms with Gasteiger partial charge in [0.15, 0.2) is 17.5 Å². The first-order valence-corrected chi connectivity index (χ1v) is 16.5. The molecule has 6 heteroatoms. The fraction of sp³-hybridized carbons (Fsp3) is 0. The molecular formula is C45H26F3N3. The fourth-order valence-electron chi connectivity index (χ4n) is 6.92. The molecule has 0 saturated heterocycles. The first-order valence-electron chi connectivity index (χ1n) is 16.5. The molecule has 0 radical (unpaired) electrons. The van der Waals surface area contributed by atoms with Crippen molar-refractivity contribution in [3.05, 3.63) is 175 Å². The van der Waals surface area contributed by atoms with E-state index in [9.17, 15) is 13.2 Å². The summed E-state index contributed by atoms with van der Waals surface area (Å²) in [5.41, 5.74) is 9.25. The van der Waals surface area contributed by atoms with E-state index in [1.807, 2.05) is 127 Å². The highest BCUT2D eigenvalue weighted by molar-refractivity contribution is 6.24. The van der Waals surface area contributed by atoms with Gasteiger partial charge in [-0.15, -0.1) is 0 Å². The molecule has 2 heterocycles. The number of halogens is 3. The van der Waals surface area contributed by atoms with Gasteiger partial charge in [-0.25, -0.2) is 28.1 Å². The smallest absolute Gasteiger partial charge is 0.194 e. The van der Waals surface area contributed by atoms with Crippen molar-refractivity contribution in [3.63, 3.8) is 0 Å². The normalized spacial score (nSPS) is 11.4. The van der Waals surface area contributed by atoms with Crippen LogP contribution < -0.4 is 0 Å². The lowest BCUT2D eigenvalue weighted by Crippen LogP contribution is -2.00. The predicted molar refractivity (Wildman–Crippen MR) is 199 cm³/mol. The third-order valence-electron chi connectivity index (χ3n) is 9.26. The summed E-state index contributed by atoms with van der Waals surface area (Å²) in [7, 11) is 0. The van der Waals surface area contributed by atoms with Crippen LogP contribution in [-0.4, -0.2) is 15.0 Å². The molecule has 3 nitrogen and oxygen atoms in total. The molecule has 7 aromatic carbocycles. The molecule has 0 aliphatic rings. The lowest BCUT2D eigenvalue weighted by molar-refractivity contribution is 0.448. The SMILES string of the molecule is Fc1cc(-c2ccccc2-c2nc3ccccc3c3c2cc(-c2ccccc2)c2nc(-c4ccccc4)c(-c4ccccc4)nc23)cc(F)c1F. The molecule has 0 bridgehead atoms. The fourth-order valence-corrected chi connectivity index (χ4v) is 6.92. The molecule has 242 valence electrons. The molecule has 0 atom stereocenters. The van der Waals surface area contributed by atoms with Crippen molar-refractivity contribution in [1.82, 2.24) is 15.0 Å². The number of benzene rings is 7. The second-order valence-corrected chi connectivity index (χ2v) is 12.3. The molecule has 0 saturated carbocycles. The Kier molecular flexibility index (Phi) is 7.36. The summed E-state index contributed by atoms with van der Waals surface area (Å²) in [6.45, 7) is 0. The van der Waals surface area contributed by atoms with E-state index in [1.165, 1.54) is 0 Å². The Morgan fingerprint density at radius 3 is 1.49 bits per heavy atom. The maximum absolute atomic E-state index is 14.6. The van der Waals surface area contributed by atoms with Crippen molar-refractivity contribution in [3.8, 4) is 56.0 Å². The van der Waals surface area contributed by atoms with Crippen molar-refractivity contribution >= 4 is 32.7 Å². The molecule has 51 heavy (non-hydrogen) atoms. The standard InChI is InChI=1S/C45H26F3N3/c46-36-24-30(25-37(47)40(36)48)31-20-10-11-21-32(31)43-35-26-34(27-14-4-1-5-15-27)44-45(39(35)33-22-12-13-23-38(33)49-43)51-42(29-18-8-3-9-19-29)41(50-44)28-16-6-2-7-17-28/h1-26H. The van der Waals surface area contributed by atoms with Gasteiger partial charge in [0.1, 0.15) is 0 Å². The third-order valence-corrected chi connectivity index (χ3v) is 9.26. The molecule has 0 unspecified atom stereocenters. The van der Waals surface area contributed by atoms with Gasteiger partial charge < -0.3 is 0 Å². The van der Waals surface area contributed by atoms with E-state index in [-0.39, 0.29) is 5.56 Å². The Bertz CT molecular complexity index is 2750. The molecule has 9 aromatic rings. The highest BCUT2D eigenvalue weighted by Crippen LogP contribution is 2.44. The minimum atomic E-state index is -1.51. The van der Waals surface area contributed by atoms with E-state index in [0.29, 0.717) is 22.3 Å². The van der Waals surface area contributed by atoms with Crippen LogP contribution >= 0.6 is 0 Å². The number of hydrogen-bond donors (Lipinski definition) is 0. The van der Waals surface area contributed by atoms with Crippen LogP contribution in [0.4, 0.5) is 13.2 Å². The summed E-state index contributed by atoms with van der Waals surface area (Å²) in [5, 5.41) is 2.52. The maximum Gasteiger partial charge on any atom is 0.194 e. The number of rotatable bonds is 5. The maximum atomic E-state index is 14.6.